The first-order chi connectivity index (χ1) is 10.8. The van der Waals surface area contributed by atoms with Crippen molar-refractivity contribution < 1.29 is 0 Å². The van der Waals surface area contributed by atoms with Crippen LogP contribution in [0.1, 0.15) is 28.4 Å². The van der Waals surface area contributed by atoms with Crippen molar-refractivity contribution in [2.75, 3.05) is 0 Å². The molecule has 0 N–H and O–H groups in total. The molecule has 112 valence electrons. The van der Waals surface area contributed by atoms with Crippen LogP contribution in [0.15, 0.2) is 23.5 Å². The third kappa shape index (κ3) is 2.41. The van der Waals surface area contributed by atoms with Gasteiger partial charge in [0.1, 0.15) is 6.33 Å². The number of aryl methyl sites for hydroxylation is 4. The molecule has 0 aromatic carbocycles. The fourth-order valence-electron chi connectivity index (χ4n) is 2.78. The quantitative estimate of drug-likeness (QED) is 0.736. The van der Waals surface area contributed by atoms with Gasteiger partial charge in [-0.15, -0.1) is 11.3 Å². The lowest BCUT2D eigenvalue weighted by Crippen LogP contribution is -2.22. The van der Waals surface area contributed by atoms with Crippen molar-refractivity contribution >= 4 is 22.5 Å². The van der Waals surface area contributed by atoms with Crippen LogP contribution in [0.2, 0.25) is 0 Å². The molecule has 1 aliphatic rings. The molecule has 3 aromatic heterocycles. The standard InChI is InChI=1S/C15H15N5OS/c21-15-13-14(17-7-6-16-13)18-9-20(15)8-5-12-19-10-3-1-2-4-11(10)22-12/h6-7,9H,1-5,8H2. The van der Waals surface area contributed by atoms with Gasteiger partial charge in [0.2, 0.25) is 0 Å². The van der Waals surface area contributed by atoms with Gasteiger partial charge in [-0.2, -0.15) is 0 Å². The Kier molecular flexibility index (Phi) is 3.42. The first kappa shape index (κ1) is 13.5. The zero-order chi connectivity index (χ0) is 14.9. The topological polar surface area (TPSA) is 73.6 Å². The summed E-state index contributed by atoms with van der Waals surface area (Å²) in [6.45, 7) is 0.574. The predicted molar refractivity (Wildman–Crippen MR) is 84.1 cm³/mol. The van der Waals surface area contributed by atoms with E-state index in [0.717, 1.165) is 24.3 Å². The smallest absolute Gasteiger partial charge is 0.281 e. The zero-order valence-corrected chi connectivity index (χ0v) is 12.8. The maximum atomic E-state index is 12.3. The molecule has 0 saturated heterocycles. The molecule has 0 atom stereocenters. The molecule has 4 rings (SSSR count). The van der Waals surface area contributed by atoms with Gasteiger partial charge in [-0.3, -0.25) is 9.36 Å². The summed E-state index contributed by atoms with van der Waals surface area (Å²) in [6.07, 6.45) is 10.1. The normalized spacial score (nSPS) is 14.2. The van der Waals surface area contributed by atoms with Crippen molar-refractivity contribution in [2.24, 2.45) is 0 Å². The molecule has 0 spiro atoms. The minimum atomic E-state index is -0.139. The van der Waals surface area contributed by atoms with Crippen LogP contribution in [-0.4, -0.2) is 24.5 Å². The summed E-state index contributed by atoms with van der Waals surface area (Å²) in [6, 6.07) is 0. The van der Waals surface area contributed by atoms with Crippen molar-refractivity contribution in [3.63, 3.8) is 0 Å². The van der Waals surface area contributed by atoms with Crippen molar-refractivity contribution in [3.8, 4) is 0 Å². The average molecular weight is 313 g/mol. The van der Waals surface area contributed by atoms with Crippen LogP contribution in [0.3, 0.4) is 0 Å². The molecule has 0 aliphatic heterocycles. The Balaban J connectivity index is 1.58. The van der Waals surface area contributed by atoms with Gasteiger partial charge in [-0.05, 0) is 25.7 Å². The number of fused-ring (bicyclic) bond motifs is 2. The molecular formula is C15H15N5OS. The Bertz CT molecular complexity index is 862. The van der Waals surface area contributed by atoms with Crippen LogP contribution in [0, 0.1) is 0 Å². The van der Waals surface area contributed by atoms with Crippen molar-refractivity contribution in [2.45, 2.75) is 38.6 Å². The fraction of sp³-hybridized carbons (Fsp3) is 0.400. The van der Waals surface area contributed by atoms with Gasteiger partial charge in [0.15, 0.2) is 11.2 Å². The molecule has 0 radical (unpaired) electrons. The van der Waals surface area contributed by atoms with Crippen molar-refractivity contribution in [1.82, 2.24) is 24.5 Å². The molecular weight excluding hydrogens is 298 g/mol. The highest BCUT2D eigenvalue weighted by Gasteiger charge is 2.15. The number of nitrogens with zero attached hydrogens (tertiary/aromatic N) is 5. The molecule has 0 amide bonds. The molecule has 6 nitrogen and oxygen atoms in total. The van der Waals surface area contributed by atoms with Crippen LogP contribution in [0.5, 0.6) is 0 Å². The second-order valence-electron chi connectivity index (χ2n) is 5.41. The number of rotatable bonds is 3. The molecule has 7 heteroatoms. The minimum Gasteiger partial charge on any atom is -0.297 e. The van der Waals surface area contributed by atoms with Gasteiger partial charge >= 0.3 is 0 Å². The van der Waals surface area contributed by atoms with E-state index in [2.05, 4.69) is 15.0 Å². The lowest BCUT2D eigenvalue weighted by Gasteiger charge is -2.06. The van der Waals surface area contributed by atoms with Gasteiger partial charge in [0, 0.05) is 30.2 Å². The summed E-state index contributed by atoms with van der Waals surface area (Å²) >= 11 is 1.79. The Morgan fingerprint density at radius 1 is 1.14 bits per heavy atom. The van der Waals surface area contributed by atoms with E-state index in [1.807, 2.05) is 0 Å². The molecule has 0 fully saturated rings. The first-order valence-electron chi connectivity index (χ1n) is 7.45. The maximum Gasteiger partial charge on any atom is 0.281 e. The lowest BCUT2D eigenvalue weighted by atomic mass is 10.0. The summed E-state index contributed by atoms with van der Waals surface area (Å²) < 4.78 is 1.59. The highest BCUT2D eigenvalue weighted by atomic mass is 32.1. The predicted octanol–water partition coefficient (Wildman–Crippen LogP) is 1.76. The van der Waals surface area contributed by atoms with Gasteiger partial charge in [0.25, 0.3) is 5.56 Å². The number of thiazole rings is 1. The monoisotopic (exact) mass is 313 g/mol. The number of hydrogen-bond donors (Lipinski definition) is 0. The fourth-order valence-corrected chi connectivity index (χ4v) is 3.92. The summed E-state index contributed by atoms with van der Waals surface area (Å²) in [5.74, 6) is 0. The van der Waals surface area contributed by atoms with Gasteiger partial charge in [-0.25, -0.2) is 19.9 Å². The molecule has 1 aliphatic carbocycles. The summed E-state index contributed by atoms with van der Waals surface area (Å²) in [5.41, 5.74) is 1.84. The van der Waals surface area contributed by atoms with E-state index in [0.29, 0.717) is 17.7 Å². The molecule has 0 saturated carbocycles. The van der Waals surface area contributed by atoms with E-state index in [1.165, 1.54) is 29.6 Å². The second kappa shape index (κ2) is 5.57. The van der Waals surface area contributed by atoms with E-state index >= 15 is 0 Å². The summed E-state index contributed by atoms with van der Waals surface area (Å²) in [4.78, 5) is 30.8. The van der Waals surface area contributed by atoms with Crippen LogP contribution in [-0.2, 0) is 25.8 Å². The Labute approximate surface area is 130 Å². The van der Waals surface area contributed by atoms with Crippen molar-refractivity contribution in [1.29, 1.82) is 0 Å². The Hall–Kier alpha value is -2.15. The Morgan fingerprint density at radius 2 is 2.00 bits per heavy atom. The van der Waals surface area contributed by atoms with E-state index in [1.54, 1.807) is 28.4 Å². The third-order valence-electron chi connectivity index (χ3n) is 3.92. The average Bonchev–Trinajstić information content (AvgIpc) is 2.97. The van der Waals surface area contributed by atoms with Crippen LogP contribution in [0.25, 0.3) is 11.2 Å². The van der Waals surface area contributed by atoms with Gasteiger partial charge < -0.3 is 0 Å². The van der Waals surface area contributed by atoms with E-state index in [9.17, 15) is 4.79 Å². The van der Waals surface area contributed by atoms with E-state index in [4.69, 9.17) is 4.98 Å². The molecule has 0 bridgehead atoms. The molecule has 0 unspecified atom stereocenters. The lowest BCUT2D eigenvalue weighted by molar-refractivity contribution is 0.651. The van der Waals surface area contributed by atoms with Gasteiger partial charge in [0.05, 0.1) is 10.7 Å². The van der Waals surface area contributed by atoms with E-state index in [-0.39, 0.29) is 5.56 Å². The SMILES string of the molecule is O=c1c2nccnc2ncn1CCc1nc2c(s1)CCCC2. The number of hydrogen-bond acceptors (Lipinski definition) is 6. The second-order valence-corrected chi connectivity index (χ2v) is 6.57. The first-order valence-corrected chi connectivity index (χ1v) is 8.26. The molecule has 3 aromatic rings. The van der Waals surface area contributed by atoms with Crippen LogP contribution in [0.4, 0.5) is 0 Å². The van der Waals surface area contributed by atoms with Crippen LogP contribution < -0.4 is 5.56 Å². The largest absolute Gasteiger partial charge is 0.297 e. The summed E-state index contributed by atoms with van der Waals surface area (Å²) in [5, 5.41) is 1.11. The minimum absolute atomic E-state index is 0.139. The highest BCUT2D eigenvalue weighted by Crippen LogP contribution is 2.26. The summed E-state index contributed by atoms with van der Waals surface area (Å²) in [7, 11) is 0. The number of aromatic nitrogens is 5. The maximum absolute atomic E-state index is 12.3. The Morgan fingerprint density at radius 3 is 2.91 bits per heavy atom. The molecule has 22 heavy (non-hydrogen) atoms. The van der Waals surface area contributed by atoms with Crippen LogP contribution >= 0.6 is 11.3 Å². The molecule has 3 heterocycles. The van der Waals surface area contributed by atoms with Crippen molar-refractivity contribution in [3.05, 3.63) is 44.7 Å². The zero-order valence-electron chi connectivity index (χ0n) is 12.0. The van der Waals surface area contributed by atoms with E-state index < -0.39 is 0 Å². The van der Waals surface area contributed by atoms with Gasteiger partial charge in [-0.1, -0.05) is 0 Å². The highest BCUT2D eigenvalue weighted by molar-refractivity contribution is 7.11. The third-order valence-corrected chi connectivity index (χ3v) is 5.14.